The van der Waals surface area contributed by atoms with E-state index in [0.29, 0.717) is 0 Å². The summed E-state index contributed by atoms with van der Waals surface area (Å²) in [4.78, 5) is 25.6. The number of benzene rings is 1. The van der Waals surface area contributed by atoms with Gasteiger partial charge in [0.25, 0.3) is 5.91 Å². The molecule has 0 spiro atoms. The van der Waals surface area contributed by atoms with Crippen molar-refractivity contribution >= 4 is 17.8 Å². The average molecular weight is 300 g/mol. The molecule has 0 aliphatic heterocycles. The number of amides is 1. The maximum absolute atomic E-state index is 11.6. The third kappa shape index (κ3) is 4.37. The van der Waals surface area contributed by atoms with Gasteiger partial charge < -0.3 is 4.74 Å². The molecule has 8 heteroatoms. The Morgan fingerprint density at radius 1 is 1.32 bits per heavy atom. The fourth-order valence-corrected chi connectivity index (χ4v) is 1.53. The number of carbonyl (C=O) groups is 1. The molecule has 8 nitrogen and oxygen atoms in total. The lowest BCUT2D eigenvalue weighted by atomic mass is 10.3. The maximum atomic E-state index is 11.6. The minimum Gasteiger partial charge on any atom is -0.477 e. The van der Waals surface area contributed by atoms with Crippen molar-refractivity contribution in [1.82, 2.24) is 10.4 Å². The number of hydrogen-bond acceptors (Lipinski definition) is 6. The number of nitrogens with zero attached hydrogens (tertiary/aromatic N) is 3. The fraction of sp³-hybridized carbons (Fsp3) is 0.0714. The van der Waals surface area contributed by atoms with Gasteiger partial charge in [0, 0.05) is 18.5 Å². The van der Waals surface area contributed by atoms with Crippen molar-refractivity contribution in [3.8, 4) is 5.75 Å². The summed E-state index contributed by atoms with van der Waals surface area (Å²) in [5.74, 6) is -0.496. The highest BCUT2D eigenvalue weighted by Crippen LogP contribution is 2.25. The van der Waals surface area contributed by atoms with Crippen LogP contribution in [0.2, 0.25) is 0 Å². The van der Waals surface area contributed by atoms with E-state index in [1.54, 1.807) is 30.6 Å². The molecule has 1 heterocycles. The molecule has 2 aromatic rings. The third-order valence-corrected chi connectivity index (χ3v) is 2.53. The van der Waals surface area contributed by atoms with Gasteiger partial charge in [-0.1, -0.05) is 12.1 Å². The van der Waals surface area contributed by atoms with Gasteiger partial charge in [0.2, 0.25) is 0 Å². The predicted octanol–water partition coefficient (Wildman–Crippen LogP) is 1.52. The van der Waals surface area contributed by atoms with Crippen LogP contribution in [-0.2, 0) is 4.79 Å². The lowest BCUT2D eigenvalue weighted by molar-refractivity contribution is -0.385. The molecule has 0 saturated heterocycles. The number of para-hydroxylation sites is 2. The molecule has 0 radical (unpaired) electrons. The summed E-state index contributed by atoms with van der Waals surface area (Å²) in [6.07, 6.45) is 4.65. The number of aromatic nitrogens is 1. The van der Waals surface area contributed by atoms with E-state index in [0.717, 1.165) is 5.56 Å². The molecular formula is C14H12N4O4. The number of hydrazone groups is 1. The first kappa shape index (κ1) is 15.1. The Labute approximate surface area is 125 Å². The average Bonchev–Trinajstić information content (AvgIpc) is 2.54. The predicted molar refractivity (Wildman–Crippen MR) is 78.6 cm³/mol. The number of nitro groups is 1. The summed E-state index contributed by atoms with van der Waals surface area (Å²) in [6.45, 7) is -0.376. The van der Waals surface area contributed by atoms with Crippen molar-refractivity contribution in [3.05, 3.63) is 64.5 Å². The number of hydrogen-bond donors (Lipinski definition) is 1. The van der Waals surface area contributed by atoms with Gasteiger partial charge in [-0.2, -0.15) is 5.10 Å². The molecule has 1 amide bonds. The molecule has 0 fully saturated rings. The zero-order chi connectivity index (χ0) is 15.8. The van der Waals surface area contributed by atoms with E-state index < -0.39 is 10.8 Å². The van der Waals surface area contributed by atoms with E-state index in [1.807, 2.05) is 0 Å². The molecule has 0 unspecified atom stereocenters. The van der Waals surface area contributed by atoms with E-state index in [2.05, 4.69) is 15.5 Å². The van der Waals surface area contributed by atoms with Gasteiger partial charge in [0.05, 0.1) is 11.1 Å². The van der Waals surface area contributed by atoms with Gasteiger partial charge >= 0.3 is 5.69 Å². The van der Waals surface area contributed by atoms with Crippen LogP contribution in [0.15, 0.2) is 53.9 Å². The SMILES string of the molecule is O=C(COc1ccccc1[N+](=O)[O-])N/N=C\c1ccncc1. The van der Waals surface area contributed by atoms with Crippen LogP contribution in [0.4, 0.5) is 5.69 Å². The normalized spacial score (nSPS) is 10.4. The Morgan fingerprint density at radius 2 is 2.05 bits per heavy atom. The van der Waals surface area contributed by atoms with Crippen LogP contribution >= 0.6 is 0 Å². The second kappa shape index (κ2) is 7.48. The van der Waals surface area contributed by atoms with Crippen LogP contribution in [0, 0.1) is 10.1 Å². The quantitative estimate of drug-likeness (QED) is 0.494. The van der Waals surface area contributed by atoms with Crippen LogP contribution in [-0.4, -0.2) is 28.6 Å². The Morgan fingerprint density at radius 3 is 2.77 bits per heavy atom. The standard InChI is InChI=1S/C14H12N4O4/c19-14(17-16-9-11-5-7-15-8-6-11)10-22-13-4-2-1-3-12(13)18(20)21/h1-9H,10H2,(H,17,19)/b16-9-. The number of pyridine rings is 1. The van der Waals surface area contributed by atoms with Crippen LogP contribution < -0.4 is 10.2 Å². The first-order valence-electron chi connectivity index (χ1n) is 6.25. The summed E-state index contributed by atoms with van der Waals surface area (Å²) in [7, 11) is 0. The largest absolute Gasteiger partial charge is 0.477 e. The van der Waals surface area contributed by atoms with E-state index in [4.69, 9.17) is 4.74 Å². The molecule has 0 atom stereocenters. The highest BCUT2D eigenvalue weighted by Gasteiger charge is 2.14. The summed E-state index contributed by atoms with van der Waals surface area (Å²) < 4.78 is 5.13. The van der Waals surface area contributed by atoms with Gasteiger partial charge in [0.15, 0.2) is 12.4 Å². The fourth-order valence-electron chi connectivity index (χ4n) is 1.53. The summed E-state index contributed by atoms with van der Waals surface area (Å²) >= 11 is 0. The molecule has 1 N–H and O–H groups in total. The minimum absolute atomic E-state index is 0.0285. The monoisotopic (exact) mass is 300 g/mol. The van der Waals surface area contributed by atoms with E-state index >= 15 is 0 Å². The highest BCUT2D eigenvalue weighted by molar-refractivity contribution is 5.82. The van der Waals surface area contributed by atoms with E-state index in [-0.39, 0.29) is 18.0 Å². The first-order valence-corrected chi connectivity index (χ1v) is 6.25. The van der Waals surface area contributed by atoms with Crippen molar-refractivity contribution in [3.63, 3.8) is 0 Å². The first-order chi connectivity index (χ1) is 10.7. The number of nitro benzene ring substituents is 1. The second-order valence-electron chi connectivity index (χ2n) is 4.09. The van der Waals surface area contributed by atoms with Crippen molar-refractivity contribution in [2.45, 2.75) is 0 Å². The van der Waals surface area contributed by atoms with Crippen molar-refractivity contribution < 1.29 is 14.5 Å². The van der Waals surface area contributed by atoms with Crippen molar-refractivity contribution in [2.75, 3.05) is 6.61 Å². The smallest absolute Gasteiger partial charge is 0.310 e. The van der Waals surface area contributed by atoms with Gasteiger partial charge in [-0.15, -0.1) is 0 Å². The highest BCUT2D eigenvalue weighted by atomic mass is 16.6. The zero-order valence-electron chi connectivity index (χ0n) is 11.4. The summed E-state index contributed by atoms with van der Waals surface area (Å²) in [6, 6.07) is 9.27. The van der Waals surface area contributed by atoms with Crippen molar-refractivity contribution in [2.24, 2.45) is 5.10 Å². The lowest BCUT2D eigenvalue weighted by Gasteiger charge is -2.05. The van der Waals surface area contributed by atoms with E-state index in [9.17, 15) is 14.9 Å². The summed E-state index contributed by atoms with van der Waals surface area (Å²) in [5, 5.41) is 14.5. The molecular weight excluding hydrogens is 288 g/mol. The van der Waals surface area contributed by atoms with Crippen LogP contribution in [0.1, 0.15) is 5.56 Å². The zero-order valence-corrected chi connectivity index (χ0v) is 11.4. The maximum Gasteiger partial charge on any atom is 0.310 e. The molecule has 0 bridgehead atoms. The molecule has 1 aromatic carbocycles. The van der Waals surface area contributed by atoms with Gasteiger partial charge in [-0.25, -0.2) is 5.43 Å². The van der Waals surface area contributed by atoms with Crippen LogP contribution in [0.3, 0.4) is 0 Å². The van der Waals surface area contributed by atoms with Crippen molar-refractivity contribution in [1.29, 1.82) is 0 Å². The lowest BCUT2D eigenvalue weighted by Crippen LogP contribution is -2.24. The molecule has 112 valence electrons. The molecule has 1 aromatic heterocycles. The van der Waals surface area contributed by atoms with Crippen LogP contribution in [0.5, 0.6) is 5.75 Å². The molecule has 22 heavy (non-hydrogen) atoms. The molecule has 2 rings (SSSR count). The third-order valence-electron chi connectivity index (χ3n) is 2.53. The number of nitrogens with one attached hydrogen (secondary N) is 1. The Hall–Kier alpha value is -3.29. The van der Waals surface area contributed by atoms with Crippen LogP contribution in [0.25, 0.3) is 0 Å². The Bertz CT molecular complexity index is 688. The number of rotatable bonds is 6. The Kier molecular flexibility index (Phi) is 5.14. The number of carbonyl (C=O) groups excluding carboxylic acids is 1. The minimum atomic E-state index is -0.575. The second-order valence-corrected chi connectivity index (χ2v) is 4.09. The van der Waals surface area contributed by atoms with E-state index in [1.165, 1.54) is 24.4 Å². The Balaban J connectivity index is 1.86. The molecule has 0 aliphatic rings. The van der Waals surface area contributed by atoms with Gasteiger partial charge in [0.1, 0.15) is 0 Å². The summed E-state index contributed by atoms with van der Waals surface area (Å²) in [5.41, 5.74) is 2.84. The molecule has 0 aliphatic carbocycles. The topological polar surface area (TPSA) is 107 Å². The molecule has 0 saturated carbocycles. The van der Waals surface area contributed by atoms with Gasteiger partial charge in [-0.3, -0.25) is 19.9 Å². The van der Waals surface area contributed by atoms with Gasteiger partial charge in [-0.05, 0) is 23.8 Å². The number of ether oxygens (including phenoxy) is 1.